The number of aryl methyl sites for hydroxylation is 1. The molecule has 0 radical (unpaired) electrons. The lowest BCUT2D eigenvalue weighted by Crippen LogP contribution is -2.27. The Morgan fingerprint density at radius 3 is 3.00 bits per heavy atom. The minimum atomic E-state index is 0.164. The van der Waals surface area contributed by atoms with Crippen LogP contribution in [0.5, 0.6) is 0 Å². The highest BCUT2D eigenvalue weighted by Crippen LogP contribution is 2.30. The first-order valence-electron chi connectivity index (χ1n) is 7.77. The number of nitrogens with one attached hydrogen (secondary N) is 1. The SMILES string of the molecule is O=C(Nc1cccc(-c2cnc3n2CCC3)c1)C1CCC1. The molecule has 0 saturated heterocycles. The number of rotatable bonds is 3. The summed E-state index contributed by atoms with van der Waals surface area (Å²) in [4.78, 5) is 16.5. The van der Waals surface area contributed by atoms with Gasteiger partial charge in [0.15, 0.2) is 0 Å². The predicted octanol–water partition coefficient (Wildman–Crippen LogP) is 3.23. The minimum Gasteiger partial charge on any atom is -0.328 e. The van der Waals surface area contributed by atoms with E-state index in [9.17, 15) is 4.79 Å². The topological polar surface area (TPSA) is 46.9 Å². The summed E-state index contributed by atoms with van der Waals surface area (Å²) in [6.45, 7) is 1.04. The lowest BCUT2D eigenvalue weighted by atomic mass is 9.85. The van der Waals surface area contributed by atoms with Gasteiger partial charge in [0.25, 0.3) is 0 Å². The molecule has 4 nitrogen and oxygen atoms in total. The van der Waals surface area contributed by atoms with Gasteiger partial charge in [-0.25, -0.2) is 4.98 Å². The maximum atomic E-state index is 12.1. The molecule has 1 aromatic heterocycles. The molecule has 1 saturated carbocycles. The first kappa shape index (κ1) is 12.6. The van der Waals surface area contributed by atoms with Gasteiger partial charge in [-0.1, -0.05) is 18.6 Å². The van der Waals surface area contributed by atoms with E-state index in [1.165, 1.54) is 18.7 Å². The summed E-state index contributed by atoms with van der Waals surface area (Å²) >= 11 is 0. The summed E-state index contributed by atoms with van der Waals surface area (Å²) in [7, 11) is 0. The van der Waals surface area contributed by atoms with Crippen molar-refractivity contribution in [2.24, 2.45) is 5.92 Å². The quantitative estimate of drug-likeness (QED) is 0.939. The highest BCUT2D eigenvalue weighted by Gasteiger charge is 2.25. The number of amides is 1. The van der Waals surface area contributed by atoms with Crippen molar-refractivity contribution in [3.05, 3.63) is 36.3 Å². The molecule has 4 heteroatoms. The van der Waals surface area contributed by atoms with Gasteiger partial charge in [-0.2, -0.15) is 0 Å². The van der Waals surface area contributed by atoms with Crippen LogP contribution in [0.1, 0.15) is 31.5 Å². The van der Waals surface area contributed by atoms with Crippen LogP contribution in [0.15, 0.2) is 30.5 Å². The number of benzene rings is 1. The van der Waals surface area contributed by atoms with Crippen LogP contribution in [0.2, 0.25) is 0 Å². The minimum absolute atomic E-state index is 0.164. The van der Waals surface area contributed by atoms with Crippen LogP contribution in [-0.2, 0) is 17.8 Å². The van der Waals surface area contributed by atoms with Crippen molar-refractivity contribution in [3.63, 3.8) is 0 Å². The van der Waals surface area contributed by atoms with E-state index in [0.717, 1.165) is 42.8 Å². The average Bonchev–Trinajstić information content (AvgIpc) is 2.98. The summed E-state index contributed by atoms with van der Waals surface area (Å²) in [5.74, 6) is 1.55. The average molecular weight is 281 g/mol. The standard InChI is InChI=1S/C17H19N3O/c21-17(12-4-1-5-12)19-14-7-2-6-13(10-14)15-11-18-16-8-3-9-20(15)16/h2,6-7,10-12H,1,3-5,8-9H2,(H,19,21). The first-order valence-corrected chi connectivity index (χ1v) is 7.77. The molecule has 2 heterocycles. The molecule has 21 heavy (non-hydrogen) atoms. The smallest absolute Gasteiger partial charge is 0.227 e. The molecule has 0 atom stereocenters. The van der Waals surface area contributed by atoms with E-state index in [0.29, 0.717) is 0 Å². The van der Waals surface area contributed by atoms with Gasteiger partial charge >= 0.3 is 0 Å². The maximum absolute atomic E-state index is 12.1. The summed E-state index contributed by atoms with van der Waals surface area (Å²) in [5, 5.41) is 3.05. The fourth-order valence-electron chi connectivity index (χ4n) is 3.16. The second-order valence-electron chi connectivity index (χ2n) is 6.01. The molecule has 1 N–H and O–H groups in total. The van der Waals surface area contributed by atoms with E-state index in [-0.39, 0.29) is 11.8 Å². The van der Waals surface area contributed by atoms with Crippen molar-refractivity contribution in [2.45, 2.75) is 38.6 Å². The van der Waals surface area contributed by atoms with E-state index in [4.69, 9.17) is 0 Å². The molecule has 0 bridgehead atoms. The van der Waals surface area contributed by atoms with Crippen molar-refractivity contribution < 1.29 is 4.79 Å². The van der Waals surface area contributed by atoms with Crippen LogP contribution in [0.4, 0.5) is 5.69 Å². The van der Waals surface area contributed by atoms with Crippen molar-refractivity contribution in [3.8, 4) is 11.3 Å². The van der Waals surface area contributed by atoms with Crippen molar-refractivity contribution >= 4 is 11.6 Å². The van der Waals surface area contributed by atoms with Crippen LogP contribution >= 0.6 is 0 Å². The zero-order chi connectivity index (χ0) is 14.2. The van der Waals surface area contributed by atoms with Gasteiger partial charge < -0.3 is 9.88 Å². The number of carbonyl (C=O) groups is 1. The Bertz CT molecular complexity index is 685. The van der Waals surface area contributed by atoms with Crippen LogP contribution in [0.3, 0.4) is 0 Å². The highest BCUT2D eigenvalue weighted by atomic mass is 16.1. The zero-order valence-electron chi connectivity index (χ0n) is 12.0. The number of carbonyl (C=O) groups excluding carboxylic acids is 1. The fourth-order valence-corrected chi connectivity index (χ4v) is 3.16. The molecule has 2 aromatic rings. The lowest BCUT2D eigenvalue weighted by molar-refractivity contribution is -0.122. The highest BCUT2D eigenvalue weighted by molar-refractivity contribution is 5.93. The molecular weight excluding hydrogens is 262 g/mol. The molecular formula is C17H19N3O. The van der Waals surface area contributed by atoms with Gasteiger partial charge in [-0.3, -0.25) is 4.79 Å². The summed E-state index contributed by atoms with van der Waals surface area (Å²) in [5.41, 5.74) is 3.17. The Balaban J connectivity index is 1.59. The predicted molar refractivity (Wildman–Crippen MR) is 82.0 cm³/mol. The van der Waals surface area contributed by atoms with Crippen LogP contribution < -0.4 is 5.32 Å². The number of fused-ring (bicyclic) bond motifs is 1. The van der Waals surface area contributed by atoms with Gasteiger partial charge in [-0.05, 0) is 31.4 Å². The first-order chi connectivity index (χ1) is 10.3. The van der Waals surface area contributed by atoms with Gasteiger partial charge in [0.05, 0.1) is 11.9 Å². The normalized spacial score (nSPS) is 17.3. The molecule has 2 aliphatic rings. The van der Waals surface area contributed by atoms with Gasteiger partial charge in [0.1, 0.15) is 5.82 Å². The van der Waals surface area contributed by atoms with Crippen LogP contribution in [-0.4, -0.2) is 15.5 Å². The summed E-state index contributed by atoms with van der Waals surface area (Å²) in [6.07, 6.45) is 7.43. The molecule has 1 aliphatic heterocycles. The monoisotopic (exact) mass is 281 g/mol. The van der Waals surface area contributed by atoms with Crippen molar-refractivity contribution in [2.75, 3.05) is 5.32 Å². The van der Waals surface area contributed by atoms with Crippen molar-refractivity contribution in [1.29, 1.82) is 0 Å². The van der Waals surface area contributed by atoms with E-state index in [1.54, 1.807) is 0 Å². The largest absolute Gasteiger partial charge is 0.328 e. The second kappa shape index (κ2) is 5.02. The lowest BCUT2D eigenvalue weighted by Gasteiger charge is -2.24. The van der Waals surface area contributed by atoms with E-state index in [2.05, 4.69) is 27.0 Å². The number of imidazole rings is 1. The third-order valence-electron chi connectivity index (χ3n) is 4.62. The van der Waals surface area contributed by atoms with Crippen LogP contribution in [0.25, 0.3) is 11.3 Å². The molecule has 1 fully saturated rings. The molecule has 0 unspecified atom stereocenters. The summed E-state index contributed by atoms with van der Waals surface area (Å²) in [6, 6.07) is 8.10. The fraction of sp³-hybridized carbons (Fsp3) is 0.412. The van der Waals surface area contributed by atoms with Crippen molar-refractivity contribution in [1.82, 2.24) is 9.55 Å². The Kier molecular flexibility index (Phi) is 3.02. The maximum Gasteiger partial charge on any atom is 0.227 e. The Hall–Kier alpha value is -2.10. The number of hydrogen-bond acceptors (Lipinski definition) is 2. The number of aromatic nitrogens is 2. The van der Waals surface area contributed by atoms with Crippen LogP contribution in [0, 0.1) is 5.92 Å². The van der Waals surface area contributed by atoms with E-state index >= 15 is 0 Å². The van der Waals surface area contributed by atoms with Gasteiger partial charge in [0, 0.05) is 30.1 Å². The third kappa shape index (κ3) is 2.24. The van der Waals surface area contributed by atoms with Gasteiger partial charge in [-0.15, -0.1) is 0 Å². The molecule has 0 spiro atoms. The Morgan fingerprint density at radius 1 is 1.29 bits per heavy atom. The molecule has 108 valence electrons. The second-order valence-corrected chi connectivity index (χ2v) is 6.01. The third-order valence-corrected chi connectivity index (χ3v) is 4.62. The summed E-state index contributed by atoms with van der Waals surface area (Å²) < 4.78 is 2.28. The molecule has 4 rings (SSSR count). The molecule has 1 amide bonds. The van der Waals surface area contributed by atoms with Gasteiger partial charge in [0.2, 0.25) is 5.91 Å². The number of nitrogens with zero attached hydrogens (tertiary/aromatic N) is 2. The van der Waals surface area contributed by atoms with E-state index < -0.39 is 0 Å². The molecule has 1 aliphatic carbocycles. The van der Waals surface area contributed by atoms with E-state index in [1.807, 2.05) is 18.3 Å². The Labute approximate surface area is 124 Å². The number of hydrogen-bond donors (Lipinski definition) is 1. The molecule has 1 aromatic carbocycles. The zero-order valence-corrected chi connectivity index (χ0v) is 12.0. The Morgan fingerprint density at radius 2 is 2.19 bits per heavy atom. The number of anilines is 1.